The van der Waals surface area contributed by atoms with Gasteiger partial charge in [-0.3, -0.25) is 14.4 Å². The minimum atomic E-state index is -1.01. The van der Waals surface area contributed by atoms with Crippen molar-refractivity contribution in [2.45, 2.75) is 70.9 Å². The van der Waals surface area contributed by atoms with Crippen molar-refractivity contribution in [3.63, 3.8) is 0 Å². The number of carbonyl (C=O) groups excluding carboxylic acids is 3. The third kappa shape index (κ3) is 6.49. The molecule has 2 amide bonds. The molecule has 0 spiro atoms. The first kappa shape index (κ1) is 26.2. The average molecular weight is 510 g/mol. The number of H-pyrrole nitrogens is 1. The Morgan fingerprint density at radius 1 is 1.22 bits per heavy atom. The molecular weight excluding hydrogens is 477 g/mol. The van der Waals surface area contributed by atoms with Crippen molar-refractivity contribution < 1.29 is 23.3 Å². The zero-order valence-corrected chi connectivity index (χ0v) is 21.3. The molecule has 1 aliphatic heterocycles. The van der Waals surface area contributed by atoms with Gasteiger partial charge in [0.15, 0.2) is 11.5 Å². The van der Waals surface area contributed by atoms with Crippen LogP contribution in [0.4, 0.5) is 4.39 Å². The van der Waals surface area contributed by atoms with Crippen LogP contribution in [-0.2, 0) is 9.59 Å². The van der Waals surface area contributed by atoms with E-state index in [-0.39, 0.29) is 48.0 Å². The molecule has 9 nitrogen and oxygen atoms in total. The van der Waals surface area contributed by atoms with Crippen molar-refractivity contribution in [2.75, 3.05) is 6.54 Å². The van der Waals surface area contributed by atoms with Gasteiger partial charge in [0.1, 0.15) is 17.4 Å². The van der Waals surface area contributed by atoms with Gasteiger partial charge in [0.2, 0.25) is 5.91 Å². The van der Waals surface area contributed by atoms with Crippen LogP contribution in [0, 0.1) is 12.7 Å². The predicted molar refractivity (Wildman–Crippen MR) is 134 cm³/mol. The second-order valence-corrected chi connectivity index (χ2v) is 9.75. The number of rotatable bonds is 9. The molecule has 1 saturated heterocycles. The van der Waals surface area contributed by atoms with E-state index in [0.717, 1.165) is 24.8 Å². The number of nitrogens with zero attached hydrogens (tertiary/aromatic N) is 3. The number of benzene rings is 1. The second-order valence-electron chi connectivity index (χ2n) is 9.75. The van der Waals surface area contributed by atoms with Gasteiger partial charge >= 0.3 is 0 Å². The Hall–Kier alpha value is -3.82. The van der Waals surface area contributed by atoms with Crippen molar-refractivity contribution in [3.05, 3.63) is 59.6 Å². The van der Waals surface area contributed by atoms with Gasteiger partial charge in [-0.2, -0.15) is 0 Å². The summed E-state index contributed by atoms with van der Waals surface area (Å²) in [5.74, 6) is -0.594. The Kier molecular flexibility index (Phi) is 8.15. The van der Waals surface area contributed by atoms with Crippen molar-refractivity contribution >= 4 is 17.6 Å². The number of amides is 2. The van der Waals surface area contributed by atoms with Gasteiger partial charge < -0.3 is 19.7 Å². The lowest BCUT2D eigenvalue weighted by Gasteiger charge is -2.34. The summed E-state index contributed by atoms with van der Waals surface area (Å²) in [5.41, 5.74) is 1.53. The molecular formula is C27H32FN5O4. The fourth-order valence-corrected chi connectivity index (χ4v) is 4.62. The third-order valence-electron chi connectivity index (χ3n) is 6.78. The van der Waals surface area contributed by atoms with Gasteiger partial charge in [-0.05, 0) is 62.9 Å². The largest absolute Gasteiger partial charge is 0.361 e. The number of hydrogen-bond acceptors (Lipinski definition) is 6. The number of ketones is 1. The normalized spacial score (nSPS) is 17.3. The maximum Gasteiger partial charge on any atom is 0.274 e. The summed E-state index contributed by atoms with van der Waals surface area (Å²) in [6.07, 6.45) is 4.47. The zero-order valence-electron chi connectivity index (χ0n) is 21.3. The lowest BCUT2D eigenvalue weighted by Crippen LogP contribution is -2.48. The minimum Gasteiger partial charge on any atom is -0.361 e. The van der Waals surface area contributed by atoms with Crippen LogP contribution in [0.25, 0.3) is 11.3 Å². The van der Waals surface area contributed by atoms with Gasteiger partial charge in [0, 0.05) is 31.0 Å². The highest BCUT2D eigenvalue weighted by Gasteiger charge is 2.31. The Bertz CT molecular complexity index is 1250. The number of halogens is 1. The van der Waals surface area contributed by atoms with Crippen molar-refractivity contribution in [1.29, 1.82) is 0 Å². The molecule has 0 bridgehead atoms. The predicted octanol–water partition coefficient (Wildman–Crippen LogP) is 4.16. The van der Waals surface area contributed by atoms with Crippen LogP contribution in [0.5, 0.6) is 0 Å². The van der Waals surface area contributed by atoms with Crippen molar-refractivity contribution in [1.82, 2.24) is 25.3 Å². The summed E-state index contributed by atoms with van der Waals surface area (Å²) in [6.45, 7) is 6.16. The molecule has 1 aromatic carbocycles. The molecule has 0 aliphatic carbocycles. The first-order chi connectivity index (χ1) is 17.7. The second kappa shape index (κ2) is 11.5. The highest BCUT2D eigenvalue weighted by Crippen LogP contribution is 2.24. The average Bonchev–Trinajstić information content (AvgIpc) is 3.54. The molecule has 2 aromatic heterocycles. The van der Waals surface area contributed by atoms with E-state index in [1.807, 2.05) is 13.8 Å². The number of carbonyl (C=O) groups is 3. The molecule has 196 valence electrons. The number of likely N-dealkylation sites (tertiary alicyclic amines) is 1. The van der Waals surface area contributed by atoms with E-state index in [9.17, 15) is 18.8 Å². The van der Waals surface area contributed by atoms with E-state index < -0.39 is 11.9 Å². The summed E-state index contributed by atoms with van der Waals surface area (Å²) in [4.78, 5) is 48.7. The van der Waals surface area contributed by atoms with E-state index >= 15 is 0 Å². The number of Topliss-reactive ketones (excluding diaryl/α,β-unsaturated/α-hetero) is 1. The molecule has 2 N–H and O–H groups in total. The molecule has 1 aliphatic rings. The Labute approximate surface area is 214 Å². The fourth-order valence-electron chi connectivity index (χ4n) is 4.62. The Morgan fingerprint density at radius 2 is 1.97 bits per heavy atom. The van der Waals surface area contributed by atoms with E-state index in [2.05, 4.69) is 20.4 Å². The number of hydrogen-bond donors (Lipinski definition) is 2. The lowest BCUT2D eigenvalue weighted by molar-refractivity contribution is -0.137. The number of aromatic nitrogens is 3. The number of aryl methyl sites for hydroxylation is 1. The molecule has 4 rings (SSSR count). The molecule has 1 fully saturated rings. The van der Waals surface area contributed by atoms with Crippen molar-refractivity contribution in [2.24, 2.45) is 0 Å². The van der Waals surface area contributed by atoms with Crippen LogP contribution in [-0.4, -0.2) is 56.3 Å². The lowest BCUT2D eigenvalue weighted by atomic mass is 9.96. The maximum atomic E-state index is 13.4. The maximum absolute atomic E-state index is 13.4. The van der Waals surface area contributed by atoms with Gasteiger partial charge in [0.05, 0.1) is 24.4 Å². The summed E-state index contributed by atoms with van der Waals surface area (Å²) < 4.78 is 18.2. The van der Waals surface area contributed by atoms with Gasteiger partial charge in [-0.25, -0.2) is 9.37 Å². The first-order valence-electron chi connectivity index (χ1n) is 12.6. The Morgan fingerprint density at radius 3 is 2.65 bits per heavy atom. The molecule has 3 atom stereocenters. The molecule has 0 radical (unpaired) electrons. The van der Waals surface area contributed by atoms with Crippen LogP contribution >= 0.6 is 0 Å². The summed E-state index contributed by atoms with van der Waals surface area (Å²) >= 11 is 0. The van der Waals surface area contributed by atoms with E-state index in [1.54, 1.807) is 30.2 Å². The van der Waals surface area contributed by atoms with Crippen LogP contribution in [0.15, 0.2) is 41.1 Å². The van der Waals surface area contributed by atoms with Crippen molar-refractivity contribution in [3.8, 4) is 11.3 Å². The fraction of sp³-hybridized carbons (Fsp3) is 0.444. The third-order valence-corrected chi connectivity index (χ3v) is 6.78. The Balaban J connectivity index is 1.47. The van der Waals surface area contributed by atoms with E-state index in [4.69, 9.17) is 4.52 Å². The standard InChI is InChI=1S/C27H32FN5O4/c1-16(26-29-15-23(30-26)19-7-9-20(28)10-8-19)12-24(34)21(31-27(36)22-13-18(3)37-32-22)14-25(35)33-11-5-4-6-17(33)2/h7-10,13,15-17,21H,4-6,11-12,14H2,1-3H3,(H,29,30)(H,31,36)/t16-,17+,21+/m1/s1. The van der Waals surface area contributed by atoms with Crippen LogP contribution in [0.1, 0.15) is 73.9 Å². The molecule has 0 saturated carbocycles. The highest BCUT2D eigenvalue weighted by molar-refractivity contribution is 5.98. The smallest absolute Gasteiger partial charge is 0.274 e. The van der Waals surface area contributed by atoms with Crippen LogP contribution in [0.2, 0.25) is 0 Å². The molecule has 0 unspecified atom stereocenters. The van der Waals surface area contributed by atoms with Crippen LogP contribution in [0.3, 0.4) is 0 Å². The molecule has 37 heavy (non-hydrogen) atoms. The van der Waals surface area contributed by atoms with E-state index in [0.29, 0.717) is 23.8 Å². The molecule has 3 heterocycles. The van der Waals surface area contributed by atoms with Gasteiger partial charge in [-0.1, -0.05) is 12.1 Å². The summed E-state index contributed by atoms with van der Waals surface area (Å²) in [5, 5.41) is 6.42. The summed E-state index contributed by atoms with van der Waals surface area (Å²) in [7, 11) is 0. The zero-order chi connectivity index (χ0) is 26.5. The van der Waals surface area contributed by atoms with Gasteiger partial charge in [-0.15, -0.1) is 0 Å². The highest BCUT2D eigenvalue weighted by atomic mass is 19.1. The van der Waals surface area contributed by atoms with E-state index in [1.165, 1.54) is 18.2 Å². The number of piperidine rings is 1. The summed E-state index contributed by atoms with van der Waals surface area (Å²) in [6, 6.07) is 6.59. The van der Waals surface area contributed by atoms with Gasteiger partial charge in [0.25, 0.3) is 5.91 Å². The monoisotopic (exact) mass is 509 g/mol. The number of imidazole rings is 1. The molecule has 3 aromatic rings. The topological polar surface area (TPSA) is 121 Å². The molecule has 10 heteroatoms. The van der Waals surface area contributed by atoms with Crippen LogP contribution < -0.4 is 5.32 Å². The SMILES string of the molecule is Cc1cc(C(=O)N[C@@H](CC(=O)N2CCCC[C@@H]2C)C(=O)C[C@@H](C)c2ncc(-c3ccc(F)cc3)[nH]2)no1. The number of nitrogens with one attached hydrogen (secondary N) is 2. The quantitative estimate of drug-likeness (QED) is 0.447. The minimum absolute atomic E-state index is 0.0529. The first-order valence-corrected chi connectivity index (χ1v) is 12.6. The number of aromatic amines is 1.